The van der Waals surface area contributed by atoms with Crippen LogP contribution in [0.4, 0.5) is 0 Å². The Hall–Kier alpha value is -3.85. The van der Waals surface area contributed by atoms with Gasteiger partial charge in [0.15, 0.2) is 16.3 Å². The Labute approximate surface area is 206 Å². The molecular formula is C26H26N2O6S. The molecule has 35 heavy (non-hydrogen) atoms. The van der Waals surface area contributed by atoms with E-state index >= 15 is 0 Å². The lowest BCUT2D eigenvalue weighted by Crippen LogP contribution is -2.40. The summed E-state index contributed by atoms with van der Waals surface area (Å²) < 4.78 is 18.6. The third-order valence-corrected chi connectivity index (χ3v) is 6.54. The van der Waals surface area contributed by atoms with Gasteiger partial charge in [-0.05, 0) is 39.0 Å². The highest BCUT2D eigenvalue weighted by Crippen LogP contribution is 2.40. The topological polar surface area (TPSA) is 99.4 Å². The summed E-state index contributed by atoms with van der Waals surface area (Å²) in [7, 11) is 1.53. The molecule has 1 N–H and O–H groups in total. The fraction of sp³-hybridized carbons (Fsp3) is 0.269. The molecule has 1 aliphatic rings. The van der Waals surface area contributed by atoms with Gasteiger partial charge in [0.2, 0.25) is 0 Å². The molecule has 0 aliphatic carbocycles. The van der Waals surface area contributed by atoms with Crippen LogP contribution in [0.1, 0.15) is 37.9 Å². The van der Waals surface area contributed by atoms with Crippen molar-refractivity contribution >= 4 is 23.4 Å². The van der Waals surface area contributed by atoms with Gasteiger partial charge in [-0.1, -0.05) is 41.7 Å². The van der Waals surface area contributed by atoms with Crippen molar-refractivity contribution in [3.8, 4) is 17.2 Å². The van der Waals surface area contributed by atoms with Gasteiger partial charge in [0, 0.05) is 11.1 Å². The molecule has 0 amide bonds. The van der Waals surface area contributed by atoms with Crippen molar-refractivity contribution in [3.63, 3.8) is 0 Å². The first-order valence-corrected chi connectivity index (χ1v) is 12.0. The average molecular weight is 495 g/mol. The Kier molecular flexibility index (Phi) is 7.07. The molecule has 0 spiro atoms. The van der Waals surface area contributed by atoms with Crippen molar-refractivity contribution in [1.82, 2.24) is 4.57 Å². The number of aromatic hydroxyl groups is 1. The van der Waals surface area contributed by atoms with Crippen LogP contribution in [0.25, 0.3) is 6.08 Å². The van der Waals surface area contributed by atoms with E-state index in [2.05, 4.69) is 4.99 Å². The van der Waals surface area contributed by atoms with Crippen LogP contribution < -0.4 is 24.4 Å². The number of phenolic OH excluding ortho intramolecular Hbond substituents is 1. The van der Waals surface area contributed by atoms with E-state index in [1.807, 2.05) is 6.92 Å². The summed E-state index contributed by atoms with van der Waals surface area (Å²) in [6.07, 6.45) is 1.62. The highest BCUT2D eigenvalue weighted by Gasteiger charge is 2.35. The smallest absolute Gasteiger partial charge is 0.338 e. The Bertz CT molecular complexity index is 1480. The van der Waals surface area contributed by atoms with Gasteiger partial charge >= 0.3 is 5.97 Å². The Morgan fingerprint density at radius 3 is 2.63 bits per heavy atom. The number of nitrogens with zero attached hydrogens (tertiary/aromatic N) is 2. The number of carbonyl (C=O) groups is 1. The Balaban J connectivity index is 2.04. The number of methoxy groups -OCH3 is 1. The van der Waals surface area contributed by atoms with Gasteiger partial charge < -0.3 is 19.3 Å². The SMILES string of the molecule is CCOC(=O)C1=C(C)N=c2sc(=Cc3ccccc3O)c(=O)n2C1c1cccc(OC)c1OCC. The predicted molar refractivity (Wildman–Crippen MR) is 133 cm³/mol. The summed E-state index contributed by atoms with van der Waals surface area (Å²) in [6.45, 7) is 5.83. The van der Waals surface area contributed by atoms with Crippen LogP contribution in [-0.4, -0.2) is 36.0 Å². The second-order valence-corrected chi connectivity index (χ2v) is 8.68. The molecule has 2 heterocycles. The summed E-state index contributed by atoms with van der Waals surface area (Å²) in [5.74, 6) is 0.427. The van der Waals surface area contributed by atoms with Gasteiger partial charge in [0.25, 0.3) is 5.56 Å². The molecule has 2 aromatic carbocycles. The third-order valence-electron chi connectivity index (χ3n) is 5.55. The van der Waals surface area contributed by atoms with Gasteiger partial charge in [-0.3, -0.25) is 9.36 Å². The lowest BCUT2D eigenvalue weighted by molar-refractivity contribution is -0.139. The Morgan fingerprint density at radius 2 is 1.94 bits per heavy atom. The maximum atomic E-state index is 13.7. The van der Waals surface area contributed by atoms with Crippen LogP contribution >= 0.6 is 11.3 Å². The molecule has 1 unspecified atom stereocenters. The highest BCUT2D eigenvalue weighted by atomic mass is 32.1. The van der Waals surface area contributed by atoms with Crippen LogP contribution in [0.3, 0.4) is 0 Å². The normalized spacial score (nSPS) is 15.4. The monoisotopic (exact) mass is 494 g/mol. The predicted octanol–water partition coefficient (Wildman–Crippen LogP) is 2.91. The standard InChI is InChI=1S/C26H26N2O6S/c1-5-33-23-17(11-9-13-19(23)32-4)22-21(25(31)34-6-2)15(3)27-26-28(22)24(30)20(35-26)14-16-10-7-8-12-18(16)29/h7-14,22,29H,5-6H2,1-4H3. The van der Waals surface area contributed by atoms with Crippen LogP contribution in [0.5, 0.6) is 17.2 Å². The quantitative estimate of drug-likeness (QED) is 0.507. The van der Waals surface area contributed by atoms with Crippen molar-refractivity contribution in [2.45, 2.75) is 26.8 Å². The second kappa shape index (κ2) is 10.2. The number of carbonyl (C=O) groups excluding carboxylic acids is 1. The first-order valence-electron chi connectivity index (χ1n) is 11.2. The van der Waals surface area contributed by atoms with E-state index in [4.69, 9.17) is 14.2 Å². The van der Waals surface area contributed by atoms with Crippen LogP contribution in [0.15, 0.2) is 63.5 Å². The van der Waals surface area contributed by atoms with Crippen LogP contribution in [0.2, 0.25) is 0 Å². The molecule has 3 aromatic rings. The molecule has 8 nitrogen and oxygen atoms in total. The maximum absolute atomic E-state index is 13.7. The van der Waals surface area contributed by atoms with Gasteiger partial charge in [-0.25, -0.2) is 9.79 Å². The third kappa shape index (κ3) is 4.46. The zero-order valence-corrected chi connectivity index (χ0v) is 20.7. The lowest BCUT2D eigenvalue weighted by Gasteiger charge is -2.26. The maximum Gasteiger partial charge on any atom is 0.338 e. The molecule has 9 heteroatoms. The molecule has 0 fully saturated rings. The molecule has 1 aliphatic heterocycles. The number of thiazole rings is 1. The number of aromatic nitrogens is 1. The van der Waals surface area contributed by atoms with Crippen molar-refractivity contribution in [1.29, 1.82) is 0 Å². The highest BCUT2D eigenvalue weighted by molar-refractivity contribution is 7.07. The van der Waals surface area contributed by atoms with E-state index in [1.165, 1.54) is 23.0 Å². The summed E-state index contributed by atoms with van der Waals surface area (Å²) >= 11 is 1.18. The molecule has 182 valence electrons. The zero-order chi connectivity index (χ0) is 25.1. The number of phenols is 1. The van der Waals surface area contributed by atoms with E-state index in [-0.39, 0.29) is 23.5 Å². The fourth-order valence-corrected chi connectivity index (χ4v) is 5.08. The van der Waals surface area contributed by atoms with Crippen molar-refractivity contribution in [3.05, 3.63) is 84.5 Å². The van der Waals surface area contributed by atoms with E-state index in [9.17, 15) is 14.7 Å². The van der Waals surface area contributed by atoms with Crippen molar-refractivity contribution in [2.24, 2.45) is 4.99 Å². The fourth-order valence-electron chi connectivity index (χ4n) is 4.04. The zero-order valence-electron chi connectivity index (χ0n) is 19.9. The summed E-state index contributed by atoms with van der Waals surface area (Å²) in [5.41, 5.74) is 1.45. The van der Waals surface area contributed by atoms with Crippen molar-refractivity contribution < 1.29 is 24.1 Å². The second-order valence-electron chi connectivity index (χ2n) is 7.67. The number of rotatable bonds is 7. The molecule has 4 rings (SSSR count). The summed E-state index contributed by atoms with van der Waals surface area (Å²) in [5, 5.41) is 10.2. The molecular weight excluding hydrogens is 468 g/mol. The van der Waals surface area contributed by atoms with E-state index in [0.717, 1.165) is 0 Å². The number of ether oxygens (including phenoxy) is 3. The number of hydrogen-bond acceptors (Lipinski definition) is 8. The minimum atomic E-state index is -0.839. The number of fused-ring (bicyclic) bond motifs is 1. The van der Waals surface area contributed by atoms with E-state index < -0.39 is 12.0 Å². The molecule has 0 radical (unpaired) electrons. The molecule has 1 aromatic heterocycles. The number of allylic oxidation sites excluding steroid dienone is 1. The lowest BCUT2D eigenvalue weighted by atomic mass is 9.94. The molecule has 0 saturated heterocycles. The number of para-hydroxylation sites is 2. The molecule has 0 saturated carbocycles. The van der Waals surface area contributed by atoms with Gasteiger partial charge in [0.05, 0.1) is 36.1 Å². The number of esters is 1. The van der Waals surface area contributed by atoms with Gasteiger partial charge in [0.1, 0.15) is 11.8 Å². The van der Waals surface area contributed by atoms with Gasteiger partial charge in [-0.15, -0.1) is 0 Å². The first-order chi connectivity index (χ1) is 16.9. The van der Waals surface area contributed by atoms with Gasteiger partial charge in [-0.2, -0.15) is 0 Å². The van der Waals surface area contributed by atoms with Crippen LogP contribution in [-0.2, 0) is 9.53 Å². The van der Waals surface area contributed by atoms with E-state index in [1.54, 1.807) is 62.4 Å². The van der Waals surface area contributed by atoms with E-state index in [0.29, 0.717) is 44.3 Å². The average Bonchev–Trinajstić information content (AvgIpc) is 3.14. The minimum absolute atomic E-state index is 0.0599. The molecule has 1 atom stereocenters. The Morgan fingerprint density at radius 1 is 1.17 bits per heavy atom. The molecule has 0 bridgehead atoms. The van der Waals surface area contributed by atoms with Crippen LogP contribution in [0, 0.1) is 0 Å². The number of benzene rings is 2. The first kappa shape index (κ1) is 24.3. The number of hydrogen-bond donors (Lipinski definition) is 1. The minimum Gasteiger partial charge on any atom is -0.507 e. The summed E-state index contributed by atoms with van der Waals surface area (Å²) in [6, 6.07) is 11.3. The largest absolute Gasteiger partial charge is 0.507 e. The van der Waals surface area contributed by atoms with Crippen molar-refractivity contribution in [2.75, 3.05) is 20.3 Å². The summed E-state index contributed by atoms with van der Waals surface area (Å²) in [4.78, 5) is 31.8.